The molecular weight excluding hydrogens is 450 g/mol. The molecule has 0 saturated carbocycles. The molecule has 34 heavy (non-hydrogen) atoms. The van der Waals surface area contributed by atoms with Crippen LogP contribution in [-0.4, -0.2) is 47.1 Å². The van der Waals surface area contributed by atoms with Crippen LogP contribution in [0.5, 0.6) is 11.5 Å². The van der Waals surface area contributed by atoms with Gasteiger partial charge in [0.2, 0.25) is 5.91 Å². The lowest BCUT2D eigenvalue weighted by molar-refractivity contribution is -0.113. The average molecular weight is 482 g/mol. The molecule has 1 saturated heterocycles. The van der Waals surface area contributed by atoms with Gasteiger partial charge in [-0.2, -0.15) is 0 Å². The summed E-state index contributed by atoms with van der Waals surface area (Å²) in [4.78, 5) is 17.4. The lowest BCUT2D eigenvalue weighted by atomic mass is 10.1. The second-order valence-corrected chi connectivity index (χ2v) is 8.84. The fourth-order valence-corrected chi connectivity index (χ4v) is 4.73. The number of ether oxygens (including phenoxy) is 3. The van der Waals surface area contributed by atoms with E-state index in [1.165, 1.54) is 11.8 Å². The second kappa shape index (κ2) is 11.9. The number of nitrogens with zero attached hydrogens (tertiary/aromatic N) is 2. The number of rotatable bonds is 11. The molecule has 4 rings (SSSR count). The van der Waals surface area contributed by atoms with Gasteiger partial charge in [-0.25, -0.2) is 4.98 Å². The van der Waals surface area contributed by atoms with Gasteiger partial charge in [-0.15, -0.1) is 0 Å². The fourth-order valence-electron chi connectivity index (χ4n) is 3.94. The van der Waals surface area contributed by atoms with Gasteiger partial charge in [0.15, 0.2) is 16.7 Å². The Hall–Kier alpha value is -2.97. The summed E-state index contributed by atoms with van der Waals surface area (Å²) >= 11 is 1.43. The number of anilines is 1. The molecule has 0 radical (unpaired) electrons. The summed E-state index contributed by atoms with van der Waals surface area (Å²) in [5, 5.41) is 3.77. The van der Waals surface area contributed by atoms with Crippen molar-refractivity contribution in [2.45, 2.75) is 44.5 Å². The number of benzene rings is 2. The van der Waals surface area contributed by atoms with Crippen molar-refractivity contribution in [3.63, 3.8) is 0 Å². The molecule has 2 aromatic carbocycles. The van der Waals surface area contributed by atoms with Crippen molar-refractivity contribution < 1.29 is 19.0 Å². The molecule has 2 heterocycles. The van der Waals surface area contributed by atoms with Crippen molar-refractivity contribution in [3.05, 3.63) is 54.7 Å². The Bertz CT molecular complexity index is 1080. The zero-order chi connectivity index (χ0) is 23.8. The van der Waals surface area contributed by atoms with E-state index in [9.17, 15) is 4.79 Å². The van der Waals surface area contributed by atoms with E-state index in [-0.39, 0.29) is 17.8 Å². The van der Waals surface area contributed by atoms with Gasteiger partial charge in [-0.3, -0.25) is 4.79 Å². The van der Waals surface area contributed by atoms with Crippen LogP contribution in [0, 0.1) is 0 Å². The lowest BCUT2D eigenvalue weighted by Gasteiger charge is -2.16. The van der Waals surface area contributed by atoms with Crippen LogP contribution < -0.4 is 14.8 Å². The van der Waals surface area contributed by atoms with Crippen LogP contribution in [0.1, 0.15) is 26.7 Å². The number of hydrogen-bond donors (Lipinski definition) is 1. The number of imidazole rings is 1. The van der Waals surface area contributed by atoms with Crippen molar-refractivity contribution in [1.82, 2.24) is 9.55 Å². The first-order valence-corrected chi connectivity index (χ1v) is 12.7. The highest BCUT2D eigenvalue weighted by Gasteiger charge is 2.21. The third-order valence-electron chi connectivity index (χ3n) is 5.46. The van der Waals surface area contributed by atoms with Crippen LogP contribution in [0.4, 0.5) is 5.69 Å². The van der Waals surface area contributed by atoms with Crippen LogP contribution in [0.15, 0.2) is 59.9 Å². The predicted octanol–water partition coefficient (Wildman–Crippen LogP) is 5.26. The average Bonchev–Trinajstić information content (AvgIpc) is 3.51. The Morgan fingerprint density at radius 3 is 2.68 bits per heavy atom. The number of carbonyl (C=O) groups excluding carboxylic acids is 1. The van der Waals surface area contributed by atoms with E-state index in [0.29, 0.717) is 30.4 Å². The van der Waals surface area contributed by atoms with Gasteiger partial charge < -0.3 is 24.1 Å². The molecular formula is C26H31N3O4S. The van der Waals surface area contributed by atoms with Crippen molar-refractivity contribution in [2.75, 3.05) is 30.9 Å². The molecule has 1 atom stereocenters. The molecule has 1 N–H and O–H groups in total. The molecule has 0 spiro atoms. The third-order valence-corrected chi connectivity index (χ3v) is 6.45. The van der Waals surface area contributed by atoms with Gasteiger partial charge in [0, 0.05) is 18.4 Å². The minimum atomic E-state index is -0.107. The van der Waals surface area contributed by atoms with E-state index >= 15 is 0 Å². The van der Waals surface area contributed by atoms with E-state index < -0.39 is 0 Å². The smallest absolute Gasteiger partial charge is 0.234 e. The van der Waals surface area contributed by atoms with E-state index in [1.807, 2.05) is 50.4 Å². The Labute approximate surface area is 204 Å². The minimum Gasteiger partial charge on any atom is -0.490 e. The summed E-state index contributed by atoms with van der Waals surface area (Å²) in [6, 6.07) is 15.6. The first-order valence-electron chi connectivity index (χ1n) is 11.7. The zero-order valence-corrected chi connectivity index (χ0v) is 20.5. The summed E-state index contributed by atoms with van der Waals surface area (Å²) < 4.78 is 19.3. The van der Waals surface area contributed by atoms with Crippen molar-refractivity contribution in [1.29, 1.82) is 0 Å². The van der Waals surface area contributed by atoms with Gasteiger partial charge in [-0.05, 0) is 44.4 Å². The number of nitrogens with one attached hydrogen (secondary N) is 1. The monoisotopic (exact) mass is 481 g/mol. The molecule has 1 aliphatic rings. The quantitative estimate of drug-likeness (QED) is 0.377. The molecule has 1 fully saturated rings. The highest BCUT2D eigenvalue weighted by Crippen LogP contribution is 2.31. The maximum absolute atomic E-state index is 12.7. The number of thioether (sulfide) groups is 1. The van der Waals surface area contributed by atoms with Gasteiger partial charge in [0.25, 0.3) is 0 Å². The summed E-state index contributed by atoms with van der Waals surface area (Å²) in [6.07, 6.45) is 4.17. The topological polar surface area (TPSA) is 74.6 Å². The fraction of sp³-hybridized carbons (Fsp3) is 0.385. The Morgan fingerprint density at radius 2 is 1.94 bits per heavy atom. The Balaban J connectivity index is 1.45. The van der Waals surface area contributed by atoms with Crippen LogP contribution >= 0.6 is 11.8 Å². The first-order chi connectivity index (χ1) is 16.7. The van der Waals surface area contributed by atoms with E-state index in [2.05, 4.69) is 27.0 Å². The van der Waals surface area contributed by atoms with Crippen LogP contribution in [-0.2, 0) is 16.1 Å². The normalized spacial score (nSPS) is 15.3. The van der Waals surface area contributed by atoms with Gasteiger partial charge in [-0.1, -0.05) is 42.1 Å². The molecule has 0 bridgehead atoms. The SMILES string of the molecule is CCOc1ccc(NC(=O)CSc2ncc(-c3ccccc3)n2C[C@@H]2CCCO2)cc1OCC. The van der Waals surface area contributed by atoms with Gasteiger partial charge in [0.05, 0.1) is 43.5 Å². The molecule has 1 aromatic heterocycles. The minimum absolute atomic E-state index is 0.107. The summed E-state index contributed by atoms with van der Waals surface area (Å²) in [7, 11) is 0. The van der Waals surface area contributed by atoms with E-state index in [4.69, 9.17) is 14.2 Å². The number of hydrogen-bond acceptors (Lipinski definition) is 6. The molecule has 0 aliphatic carbocycles. The lowest BCUT2D eigenvalue weighted by Crippen LogP contribution is -2.18. The summed E-state index contributed by atoms with van der Waals surface area (Å²) in [5.41, 5.74) is 2.80. The van der Waals surface area contributed by atoms with E-state index in [0.717, 1.165) is 42.4 Å². The van der Waals surface area contributed by atoms with Crippen LogP contribution in [0.2, 0.25) is 0 Å². The molecule has 3 aromatic rings. The standard InChI is InChI=1S/C26H31N3O4S/c1-3-31-23-13-12-20(15-24(23)32-4-2)28-25(30)18-34-26-27-16-22(19-9-6-5-7-10-19)29(26)17-21-11-8-14-33-21/h5-7,9-10,12-13,15-16,21H,3-4,8,11,14,17-18H2,1-2H3,(H,28,30)/t21-/m0/s1. The molecule has 1 amide bonds. The van der Waals surface area contributed by atoms with Crippen molar-refractivity contribution in [2.24, 2.45) is 0 Å². The first kappa shape index (κ1) is 24.2. The molecule has 0 unspecified atom stereocenters. The largest absolute Gasteiger partial charge is 0.490 e. The highest BCUT2D eigenvalue weighted by molar-refractivity contribution is 7.99. The van der Waals surface area contributed by atoms with Crippen LogP contribution in [0.3, 0.4) is 0 Å². The Morgan fingerprint density at radius 1 is 1.15 bits per heavy atom. The summed E-state index contributed by atoms with van der Waals surface area (Å²) in [6.45, 7) is 6.44. The van der Waals surface area contributed by atoms with Crippen molar-refractivity contribution in [3.8, 4) is 22.8 Å². The van der Waals surface area contributed by atoms with Crippen LogP contribution in [0.25, 0.3) is 11.3 Å². The molecule has 180 valence electrons. The maximum atomic E-state index is 12.7. The van der Waals surface area contributed by atoms with Crippen molar-refractivity contribution >= 4 is 23.4 Å². The molecule has 8 heteroatoms. The summed E-state index contributed by atoms with van der Waals surface area (Å²) in [5.74, 6) is 1.42. The maximum Gasteiger partial charge on any atom is 0.234 e. The van der Waals surface area contributed by atoms with Gasteiger partial charge >= 0.3 is 0 Å². The Kier molecular flexibility index (Phi) is 8.49. The molecule has 7 nitrogen and oxygen atoms in total. The number of amides is 1. The number of carbonyl (C=O) groups is 1. The number of aromatic nitrogens is 2. The second-order valence-electron chi connectivity index (χ2n) is 7.90. The third kappa shape index (κ3) is 6.12. The van der Waals surface area contributed by atoms with Gasteiger partial charge in [0.1, 0.15) is 0 Å². The highest BCUT2D eigenvalue weighted by atomic mass is 32.2. The zero-order valence-electron chi connectivity index (χ0n) is 19.7. The molecule has 1 aliphatic heterocycles. The predicted molar refractivity (Wildman–Crippen MR) is 135 cm³/mol. The van der Waals surface area contributed by atoms with E-state index in [1.54, 1.807) is 6.07 Å².